The topological polar surface area (TPSA) is 18.0 Å². The van der Waals surface area contributed by atoms with Gasteiger partial charge in [-0.15, -0.1) is 9.36 Å². The smallest absolute Gasteiger partial charge is 0.417 e. The second kappa shape index (κ2) is 7.03. The summed E-state index contributed by atoms with van der Waals surface area (Å²) < 4.78 is 49.5. The Balaban J connectivity index is 1.94. The second-order valence-corrected chi connectivity index (χ2v) is 6.46. The van der Waals surface area contributed by atoms with Crippen LogP contribution in [-0.4, -0.2) is 11.8 Å². The van der Waals surface area contributed by atoms with Crippen molar-refractivity contribution in [3.8, 4) is 11.4 Å². The molecule has 0 spiro atoms. The number of fused-ring (bicyclic) bond motifs is 1. The van der Waals surface area contributed by atoms with Crippen LogP contribution in [-0.2, 0) is 12.7 Å². The Bertz CT molecular complexity index is 1100. The predicted molar refractivity (Wildman–Crippen MR) is 101 cm³/mol. The third-order valence-corrected chi connectivity index (χ3v) is 4.66. The molecule has 0 atom stereocenters. The molecule has 4 rings (SSSR count). The number of ether oxygens (including phenoxy) is 1. The molecule has 0 radical (unpaired) electrons. The zero-order valence-corrected chi connectivity index (χ0v) is 15.1. The van der Waals surface area contributed by atoms with Gasteiger partial charge in [0.25, 0.3) is 0 Å². The molecule has 1 aromatic heterocycles. The van der Waals surface area contributed by atoms with Crippen molar-refractivity contribution < 1.29 is 22.6 Å². The number of alkyl halides is 3. The first kappa shape index (κ1) is 18.1. The molecule has 6 heteroatoms. The van der Waals surface area contributed by atoms with E-state index in [1.54, 1.807) is 40.9 Å². The molecule has 0 amide bonds. The number of halogens is 3. The van der Waals surface area contributed by atoms with Gasteiger partial charge in [0.1, 0.15) is 17.0 Å². The van der Waals surface area contributed by atoms with E-state index in [2.05, 4.69) is 0 Å². The summed E-state index contributed by atoms with van der Waals surface area (Å²) in [5.41, 5.74) is 1.61. The van der Waals surface area contributed by atoms with Crippen LogP contribution in [0, 0.1) is 0 Å². The Kier molecular flexibility index (Phi) is 4.55. The molecule has 0 saturated carbocycles. The Labute approximate surface area is 160 Å². The molecule has 3 aromatic carbocycles. The van der Waals surface area contributed by atoms with Gasteiger partial charge in [-0.2, -0.15) is 13.2 Å². The van der Waals surface area contributed by atoms with E-state index < -0.39 is 11.7 Å². The molecule has 0 bridgehead atoms. The Morgan fingerprint density at radius 1 is 0.893 bits per heavy atom. The molecule has 28 heavy (non-hydrogen) atoms. The van der Waals surface area contributed by atoms with Crippen molar-refractivity contribution in [2.24, 2.45) is 0 Å². The summed E-state index contributed by atoms with van der Waals surface area (Å²) in [5, 5.41) is 0.168. The zero-order valence-electron chi connectivity index (χ0n) is 15.1. The van der Waals surface area contributed by atoms with Crippen molar-refractivity contribution in [2.75, 3.05) is 7.11 Å². The van der Waals surface area contributed by atoms with Crippen LogP contribution in [0.1, 0.15) is 11.1 Å². The largest absolute Gasteiger partial charge is 0.497 e. The lowest BCUT2D eigenvalue weighted by molar-refractivity contribution is -0.756. The van der Waals surface area contributed by atoms with Gasteiger partial charge in [0.15, 0.2) is 6.54 Å². The fourth-order valence-electron chi connectivity index (χ4n) is 3.36. The van der Waals surface area contributed by atoms with Crippen LogP contribution < -0.4 is 9.42 Å². The fourth-order valence-corrected chi connectivity index (χ4v) is 3.36. The van der Waals surface area contributed by atoms with E-state index in [0.29, 0.717) is 17.8 Å². The fraction of sp³-hybridized carbons (Fsp3) is 0.136. The molecule has 1 heterocycles. The van der Waals surface area contributed by atoms with Crippen LogP contribution >= 0.6 is 0 Å². The van der Waals surface area contributed by atoms with Gasteiger partial charge in [0.2, 0.25) is 6.20 Å². The van der Waals surface area contributed by atoms with E-state index in [-0.39, 0.29) is 5.39 Å². The second-order valence-electron chi connectivity index (χ2n) is 6.46. The summed E-state index contributed by atoms with van der Waals surface area (Å²) in [4.78, 5) is 0. The van der Waals surface area contributed by atoms with Gasteiger partial charge in [-0.25, -0.2) is 0 Å². The first-order valence-electron chi connectivity index (χ1n) is 8.77. The van der Waals surface area contributed by atoms with Crippen LogP contribution in [0.4, 0.5) is 13.2 Å². The lowest BCUT2D eigenvalue weighted by Gasteiger charge is -2.08. The van der Waals surface area contributed by atoms with Crippen molar-refractivity contribution in [3.05, 3.63) is 90.1 Å². The number of nitrogens with zero attached hydrogens (tertiary/aromatic N) is 2. The van der Waals surface area contributed by atoms with Gasteiger partial charge in [-0.05, 0) is 36.4 Å². The average molecular weight is 383 g/mol. The highest BCUT2D eigenvalue weighted by Crippen LogP contribution is 2.35. The third kappa shape index (κ3) is 3.33. The van der Waals surface area contributed by atoms with Crippen LogP contribution in [0.15, 0.2) is 79.0 Å². The van der Waals surface area contributed by atoms with Gasteiger partial charge in [-0.1, -0.05) is 36.4 Å². The molecular weight excluding hydrogens is 365 g/mol. The molecule has 0 unspecified atom stereocenters. The summed E-state index contributed by atoms with van der Waals surface area (Å²) >= 11 is 0. The standard InChI is InChI=1S/C22H18F3N2O/c1-28-18-12-10-17(11-13-18)27-21-9-5-8-20(22(23,24)25)19(21)15-26(27)14-16-6-3-2-4-7-16/h2-13,15H,14H2,1H3/q+1. The van der Waals surface area contributed by atoms with Crippen LogP contribution in [0.3, 0.4) is 0 Å². The Morgan fingerprint density at radius 2 is 1.61 bits per heavy atom. The van der Waals surface area contributed by atoms with Crippen LogP contribution in [0.25, 0.3) is 16.6 Å². The number of aromatic nitrogens is 2. The molecule has 4 aromatic rings. The van der Waals surface area contributed by atoms with E-state index in [9.17, 15) is 13.2 Å². The minimum absolute atomic E-state index is 0.168. The van der Waals surface area contributed by atoms with Crippen LogP contribution in [0.2, 0.25) is 0 Å². The highest BCUT2D eigenvalue weighted by molar-refractivity contribution is 5.83. The van der Waals surface area contributed by atoms with Gasteiger partial charge >= 0.3 is 6.18 Å². The summed E-state index contributed by atoms with van der Waals surface area (Å²) in [7, 11) is 1.57. The summed E-state index contributed by atoms with van der Waals surface area (Å²) in [6, 6.07) is 21.2. The van der Waals surface area contributed by atoms with E-state index in [1.807, 2.05) is 42.5 Å². The molecule has 0 N–H and O–H groups in total. The quantitative estimate of drug-likeness (QED) is 0.454. The lowest BCUT2D eigenvalue weighted by atomic mass is 10.1. The first-order valence-corrected chi connectivity index (χ1v) is 8.77. The molecule has 0 aliphatic rings. The highest BCUT2D eigenvalue weighted by Gasteiger charge is 2.35. The molecule has 3 nitrogen and oxygen atoms in total. The number of benzene rings is 3. The maximum Gasteiger partial charge on any atom is 0.417 e. The number of hydrogen-bond acceptors (Lipinski definition) is 1. The van der Waals surface area contributed by atoms with Gasteiger partial charge in [0, 0.05) is 5.56 Å². The van der Waals surface area contributed by atoms with Crippen molar-refractivity contribution in [2.45, 2.75) is 12.7 Å². The Hall–Kier alpha value is -3.28. The van der Waals surface area contributed by atoms with Crippen LogP contribution in [0.5, 0.6) is 5.75 Å². The summed E-state index contributed by atoms with van der Waals surface area (Å²) in [6.07, 6.45) is -2.86. The Morgan fingerprint density at radius 3 is 2.25 bits per heavy atom. The third-order valence-electron chi connectivity index (χ3n) is 4.66. The minimum Gasteiger partial charge on any atom is -0.497 e. The molecular formula is C22H18F3N2O+. The van der Waals surface area contributed by atoms with Crippen molar-refractivity contribution in [1.29, 1.82) is 0 Å². The van der Waals surface area contributed by atoms with Crippen molar-refractivity contribution in [1.82, 2.24) is 4.68 Å². The predicted octanol–water partition coefficient (Wildman–Crippen LogP) is 4.99. The molecule has 0 saturated heterocycles. The number of hydrogen-bond donors (Lipinski definition) is 0. The SMILES string of the molecule is COc1ccc(-n2c3cccc(C(F)(F)F)c3c[n+]2Cc2ccccc2)cc1. The van der Waals surface area contributed by atoms with Crippen molar-refractivity contribution in [3.63, 3.8) is 0 Å². The maximum absolute atomic E-state index is 13.6. The van der Waals surface area contributed by atoms with Crippen molar-refractivity contribution >= 4 is 10.9 Å². The minimum atomic E-state index is -4.42. The lowest BCUT2D eigenvalue weighted by Crippen LogP contribution is -2.42. The maximum atomic E-state index is 13.6. The summed E-state index contributed by atoms with van der Waals surface area (Å²) in [6.45, 7) is 0.443. The van der Waals surface area contributed by atoms with Gasteiger partial charge in [0.05, 0.1) is 18.1 Å². The highest BCUT2D eigenvalue weighted by atomic mass is 19.4. The normalized spacial score (nSPS) is 11.7. The monoisotopic (exact) mass is 383 g/mol. The van der Waals surface area contributed by atoms with E-state index in [1.165, 1.54) is 6.07 Å². The number of methoxy groups -OCH3 is 1. The van der Waals surface area contributed by atoms with Gasteiger partial charge < -0.3 is 4.74 Å². The average Bonchev–Trinajstić information content (AvgIpc) is 3.05. The van der Waals surface area contributed by atoms with E-state index in [0.717, 1.165) is 17.3 Å². The summed E-state index contributed by atoms with van der Waals surface area (Å²) in [5.74, 6) is 0.686. The molecule has 0 aliphatic carbocycles. The molecule has 142 valence electrons. The molecule has 0 aliphatic heterocycles. The number of rotatable bonds is 4. The molecule has 0 fully saturated rings. The van der Waals surface area contributed by atoms with E-state index in [4.69, 9.17) is 4.74 Å². The zero-order chi connectivity index (χ0) is 19.7. The van der Waals surface area contributed by atoms with Gasteiger partial charge in [-0.3, -0.25) is 0 Å². The van der Waals surface area contributed by atoms with E-state index >= 15 is 0 Å². The first-order chi connectivity index (χ1) is 13.5.